The molecule has 1 saturated heterocycles. The fourth-order valence-electron chi connectivity index (χ4n) is 1.79. The lowest BCUT2D eigenvalue weighted by molar-refractivity contribution is -0.325. The molecule has 18 heavy (non-hydrogen) atoms. The van der Waals surface area contributed by atoms with Gasteiger partial charge in [0.2, 0.25) is 0 Å². The quantitative estimate of drug-likeness (QED) is 0.781. The van der Waals surface area contributed by atoms with Gasteiger partial charge >= 0.3 is 6.36 Å². The molecular weight excluding hydrogens is 245 g/mol. The second-order valence-corrected chi connectivity index (χ2v) is 4.27. The van der Waals surface area contributed by atoms with Crippen LogP contribution in [0.5, 0.6) is 0 Å². The van der Waals surface area contributed by atoms with E-state index < -0.39 is 6.36 Å². The number of alkyl halides is 3. The highest BCUT2D eigenvalue weighted by Gasteiger charge is 2.29. The van der Waals surface area contributed by atoms with Crippen molar-refractivity contribution in [1.82, 2.24) is 9.80 Å². The highest BCUT2D eigenvalue weighted by Crippen LogP contribution is 2.15. The average Bonchev–Trinajstić information content (AvgIpc) is 2.30. The fourth-order valence-corrected chi connectivity index (χ4v) is 1.79. The summed E-state index contributed by atoms with van der Waals surface area (Å²) in [7, 11) is 0. The molecule has 0 radical (unpaired) electrons. The largest absolute Gasteiger partial charge is 0.522 e. The summed E-state index contributed by atoms with van der Waals surface area (Å²) in [5.74, 6) is 0. The molecule has 1 aliphatic rings. The van der Waals surface area contributed by atoms with Gasteiger partial charge in [0.25, 0.3) is 0 Å². The Morgan fingerprint density at radius 1 is 1.06 bits per heavy atom. The van der Waals surface area contributed by atoms with Crippen molar-refractivity contribution in [2.24, 2.45) is 0 Å². The standard InChI is InChI=1S/C10H19F3N2O.C2H6/c1-9(2)15-5-3-14(4-6-15)7-8-16-10(11,12)13;1-2/h9H,3-8H2,1-2H3;1-2H3. The van der Waals surface area contributed by atoms with Crippen LogP contribution in [0.15, 0.2) is 0 Å². The maximum atomic E-state index is 11.7. The first-order chi connectivity index (χ1) is 8.38. The number of hydrogen-bond donors (Lipinski definition) is 0. The Balaban J connectivity index is 0.00000137. The van der Waals surface area contributed by atoms with Gasteiger partial charge in [-0.2, -0.15) is 0 Å². The van der Waals surface area contributed by atoms with Crippen LogP contribution in [0, 0.1) is 0 Å². The molecule has 0 aliphatic carbocycles. The van der Waals surface area contributed by atoms with Crippen LogP contribution < -0.4 is 0 Å². The SMILES string of the molecule is CC.CC(C)N1CCN(CCOC(F)(F)F)CC1. The molecule has 0 atom stereocenters. The third-order valence-corrected chi connectivity index (χ3v) is 2.81. The maximum absolute atomic E-state index is 11.7. The van der Waals surface area contributed by atoms with E-state index in [9.17, 15) is 13.2 Å². The van der Waals surface area contributed by atoms with E-state index in [1.165, 1.54) is 0 Å². The van der Waals surface area contributed by atoms with Crippen molar-refractivity contribution in [2.45, 2.75) is 40.1 Å². The molecule has 0 spiro atoms. The Morgan fingerprint density at radius 2 is 1.56 bits per heavy atom. The van der Waals surface area contributed by atoms with E-state index in [-0.39, 0.29) is 6.61 Å². The lowest BCUT2D eigenvalue weighted by atomic mass is 10.2. The van der Waals surface area contributed by atoms with E-state index in [2.05, 4.69) is 23.5 Å². The fraction of sp³-hybridized carbons (Fsp3) is 1.00. The summed E-state index contributed by atoms with van der Waals surface area (Å²) in [6, 6.07) is 0.508. The van der Waals surface area contributed by atoms with Crippen LogP contribution in [0.4, 0.5) is 13.2 Å². The van der Waals surface area contributed by atoms with E-state index >= 15 is 0 Å². The molecule has 1 heterocycles. The number of halogens is 3. The molecule has 0 aromatic carbocycles. The smallest absolute Gasteiger partial charge is 0.299 e. The number of piperazine rings is 1. The Hall–Kier alpha value is -0.330. The minimum absolute atomic E-state index is 0.273. The van der Waals surface area contributed by atoms with Gasteiger partial charge in [-0.05, 0) is 13.8 Å². The van der Waals surface area contributed by atoms with Gasteiger partial charge in [0, 0.05) is 38.8 Å². The van der Waals surface area contributed by atoms with Crippen LogP contribution in [0.25, 0.3) is 0 Å². The Kier molecular flexibility index (Phi) is 8.56. The van der Waals surface area contributed by atoms with Gasteiger partial charge in [-0.25, -0.2) is 0 Å². The molecule has 0 aromatic rings. The van der Waals surface area contributed by atoms with Gasteiger partial charge in [-0.3, -0.25) is 14.5 Å². The normalized spacial score (nSPS) is 18.7. The van der Waals surface area contributed by atoms with Crippen LogP contribution in [-0.2, 0) is 4.74 Å². The second kappa shape index (κ2) is 8.72. The highest BCUT2D eigenvalue weighted by atomic mass is 19.4. The first kappa shape index (κ1) is 17.7. The van der Waals surface area contributed by atoms with Crippen LogP contribution in [0.2, 0.25) is 0 Å². The molecule has 1 fully saturated rings. The van der Waals surface area contributed by atoms with Crippen LogP contribution >= 0.6 is 0 Å². The summed E-state index contributed by atoms with van der Waals surface area (Å²) >= 11 is 0. The highest BCUT2D eigenvalue weighted by molar-refractivity contribution is 4.73. The van der Waals surface area contributed by atoms with Gasteiger partial charge in [-0.1, -0.05) is 13.8 Å². The zero-order valence-electron chi connectivity index (χ0n) is 11.8. The van der Waals surface area contributed by atoms with Gasteiger partial charge in [0.05, 0.1) is 6.61 Å². The van der Waals surface area contributed by atoms with Gasteiger partial charge in [-0.15, -0.1) is 13.2 Å². The molecule has 6 heteroatoms. The molecule has 1 aliphatic heterocycles. The van der Waals surface area contributed by atoms with E-state index in [0.29, 0.717) is 12.6 Å². The Bertz CT molecular complexity index is 202. The Morgan fingerprint density at radius 3 is 1.94 bits per heavy atom. The van der Waals surface area contributed by atoms with Crippen molar-refractivity contribution in [3.63, 3.8) is 0 Å². The zero-order valence-corrected chi connectivity index (χ0v) is 11.8. The molecule has 0 amide bonds. The Labute approximate surface area is 108 Å². The first-order valence-corrected chi connectivity index (χ1v) is 6.55. The third kappa shape index (κ3) is 7.89. The topological polar surface area (TPSA) is 15.7 Å². The predicted octanol–water partition coefficient (Wildman–Crippen LogP) is 2.58. The third-order valence-electron chi connectivity index (χ3n) is 2.81. The molecule has 3 nitrogen and oxygen atoms in total. The van der Waals surface area contributed by atoms with Gasteiger partial charge in [0.1, 0.15) is 0 Å². The molecule has 0 bridgehead atoms. The van der Waals surface area contributed by atoms with E-state index in [1.807, 2.05) is 18.7 Å². The predicted molar refractivity (Wildman–Crippen MR) is 66.5 cm³/mol. The summed E-state index contributed by atoms with van der Waals surface area (Å²) in [5, 5.41) is 0. The molecule has 0 aromatic heterocycles. The van der Waals surface area contributed by atoms with Gasteiger partial charge in [0.15, 0.2) is 0 Å². The van der Waals surface area contributed by atoms with Crippen molar-refractivity contribution >= 4 is 0 Å². The minimum Gasteiger partial charge on any atom is -0.299 e. The second-order valence-electron chi connectivity index (χ2n) is 4.27. The van der Waals surface area contributed by atoms with Crippen molar-refractivity contribution in [2.75, 3.05) is 39.3 Å². The molecule has 0 unspecified atom stereocenters. The van der Waals surface area contributed by atoms with Crippen LogP contribution in [-0.4, -0.2) is 61.5 Å². The number of nitrogens with zero attached hydrogens (tertiary/aromatic N) is 2. The summed E-state index contributed by atoms with van der Waals surface area (Å²) < 4.78 is 38.9. The zero-order chi connectivity index (χ0) is 14.2. The number of hydrogen-bond acceptors (Lipinski definition) is 3. The van der Waals surface area contributed by atoms with Crippen molar-refractivity contribution in [1.29, 1.82) is 0 Å². The summed E-state index contributed by atoms with van der Waals surface area (Å²) in [6.45, 7) is 11.8. The molecule has 110 valence electrons. The number of rotatable bonds is 4. The molecular formula is C12H25F3N2O. The van der Waals surface area contributed by atoms with Crippen molar-refractivity contribution in [3.05, 3.63) is 0 Å². The minimum atomic E-state index is -4.50. The number of ether oxygens (including phenoxy) is 1. The van der Waals surface area contributed by atoms with Crippen molar-refractivity contribution in [3.8, 4) is 0 Å². The molecule has 1 rings (SSSR count). The van der Waals surface area contributed by atoms with Crippen LogP contribution in [0.1, 0.15) is 27.7 Å². The van der Waals surface area contributed by atoms with E-state index in [0.717, 1.165) is 26.2 Å². The first-order valence-electron chi connectivity index (χ1n) is 6.55. The lowest BCUT2D eigenvalue weighted by Gasteiger charge is -2.36. The van der Waals surface area contributed by atoms with Crippen LogP contribution in [0.3, 0.4) is 0 Å². The maximum Gasteiger partial charge on any atom is 0.522 e. The summed E-state index contributed by atoms with van der Waals surface area (Å²) in [4.78, 5) is 4.33. The molecule has 0 saturated carbocycles. The van der Waals surface area contributed by atoms with Crippen molar-refractivity contribution < 1.29 is 17.9 Å². The summed E-state index contributed by atoms with van der Waals surface area (Å²) in [5.41, 5.74) is 0. The lowest BCUT2D eigenvalue weighted by Crippen LogP contribution is -2.49. The van der Waals surface area contributed by atoms with Gasteiger partial charge < -0.3 is 0 Å². The monoisotopic (exact) mass is 270 g/mol. The average molecular weight is 270 g/mol. The molecule has 0 N–H and O–H groups in total. The van der Waals surface area contributed by atoms with E-state index in [1.54, 1.807) is 0 Å². The summed E-state index contributed by atoms with van der Waals surface area (Å²) in [6.07, 6.45) is -4.50. The van der Waals surface area contributed by atoms with E-state index in [4.69, 9.17) is 0 Å².